The van der Waals surface area contributed by atoms with E-state index in [9.17, 15) is 4.39 Å². The second-order valence-corrected chi connectivity index (χ2v) is 6.32. The van der Waals surface area contributed by atoms with Gasteiger partial charge in [-0.3, -0.25) is 4.90 Å². The quantitative estimate of drug-likeness (QED) is 0.799. The van der Waals surface area contributed by atoms with Gasteiger partial charge in [-0.05, 0) is 55.8 Å². The fourth-order valence-corrected chi connectivity index (χ4v) is 2.94. The summed E-state index contributed by atoms with van der Waals surface area (Å²) in [7, 11) is 2.08. The summed E-state index contributed by atoms with van der Waals surface area (Å²) in [6, 6.07) is 9.35. The Labute approximate surface area is 139 Å². The Morgan fingerprint density at radius 3 is 2.83 bits per heavy atom. The van der Waals surface area contributed by atoms with Gasteiger partial charge in [0.1, 0.15) is 17.7 Å². The van der Waals surface area contributed by atoms with E-state index in [2.05, 4.69) is 26.9 Å². The van der Waals surface area contributed by atoms with Crippen molar-refractivity contribution >= 4 is 16.9 Å². The molecule has 0 spiro atoms. The maximum absolute atomic E-state index is 14.1. The minimum absolute atomic E-state index is 0.258. The molecule has 1 aliphatic rings. The van der Waals surface area contributed by atoms with Gasteiger partial charge in [0, 0.05) is 18.2 Å². The molecule has 122 valence electrons. The van der Waals surface area contributed by atoms with E-state index < -0.39 is 0 Å². The normalized spacial score (nSPS) is 14.5. The topological polar surface area (TPSA) is 67.9 Å². The van der Waals surface area contributed by atoms with Gasteiger partial charge in [0.25, 0.3) is 0 Å². The first kappa shape index (κ1) is 15.0. The van der Waals surface area contributed by atoms with Crippen LogP contribution in [0.5, 0.6) is 0 Å². The van der Waals surface area contributed by atoms with Crippen molar-refractivity contribution in [2.24, 2.45) is 0 Å². The third kappa shape index (κ3) is 2.92. The minimum atomic E-state index is -0.258. The molecule has 2 N–H and O–H groups in total. The molecule has 2 aromatic heterocycles. The number of halogens is 1. The molecule has 4 rings (SSSR count). The lowest BCUT2D eigenvalue weighted by Crippen LogP contribution is -2.20. The van der Waals surface area contributed by atoms with Crippen LogP contribution in [-0.4, -0.2) is 32.9 Å². The Bertz CT molecular complexity index is 907. The van der Waals surface area contributed by atoms with Crippen LogP contribution in [0.1, 0.15) is 18.4 Å². The Hall–Kier alpha value is -2.60. The van der Waals surface area contributed by atoms with E-state index in [-0.39, 0.29) is 5.82 Å². The lowest BCUT2D eigenvalue weighted by atomic mass is 10.1. The second-order valence-electron chi connectivity index (χ2n) is 6.32. The van der Waals surface area contributed by atoms with Crippen LogP contribution in [0.2, 0.25) is 0 Å². The summed E-state index contributed by atoms with van der Waals surface area (Å²) in [5, 5.41) is 0. The molecule has 0 aliphatic heterocycles. The Morgan fingerprint density at radius 2 is 2.04 bits per heavy atom. The molecule has 24 heavy (non-hydrogen) atoms. The zero-order chi connectivity index (χ0) is 16.7. The fourth-order valence-electron chi connectivity index (χ4n) is 2.94. The van der Waals surface area contributed by atoms with Crippen molar-refractivity contribution in [1.82, 2.24) is 19.9 Å². The van der Waals surface area contributed by atoms with Crippen molar-refractivity contribution in [3.05, 3.63) is 48.0 Å². The molecule has 0 atom stereocenters. The summed E-state index contributed by atoms with van der Waals surface area (Å²) >= 11 is 0. The highest BCUT2D eigenvalue weighted by atomic mass is 19.1. The van der Waals surface area contributed by atoms with Crippen molar-refractivity contribution in [3.8, 4) is 11.3 Å². The van der Waals surface area contributed by atoms with Gasteiger partial charge < -0.3 is 5.73 Å². The standard InChI is InChI=1S/C18H18FN5/c1-24(14-2-3-14)9-11-6-12(8-13(19)7-11)15-4-5-16-17(23-15)18(20)22-10-21-16/h4-8,10,14H,2-3,9H2,1H3,(H2,20,21,22). The van der Waals surface area contributed by atoms with Crippen molar-refractivity contribution in [3.63, 3.8) is 0 Å². The van der Waals surface area contributed by atoms with E-state index in [1.54, 1.807) is 6.07 Å². The third-order valence-corrected chi connectivity index (χ3v) is 4.37. The Balaban J connectivity index is 1.72. The summed E-state index contributed by atoms with van der Waals surface area (Å²) in [4.78, 5) is 14.9. The Kier molecular flexibility index (Phi) is 3.61. The van der Waals surface area contributed by atoms with Crippen molar-refractivity contribution < 1.29 is 4.39 Å². The number of anilines is 1. The molecule has 0 bridgehead atoms. The van der Waals surface area contributed by atoms with Crippen LogP contribution in [0.3, 0.4) is 0 Å². The Morgan fingerprint density at radius 1 is 1.21 bits per heavy atom. The molecule has 0 saturated heterocycles. The predicted octanol–water partition coefficient (Wildman–Crippen LogP) is 3.01. The maximum atomic E-state index is 14.1. The monoisotopic (exact) mass is 323 g/mol. The molecule has 1 fully saturated rings. The van der Waals surface area contributed by atoms with Gasteiger partial charge in [-0.2, -0.15) is 0 Å². The van der Waals surface area contributed by atoms with Gasteiger partial charge in [-0.15, -0.1) is 0 Å². The third-order valence-electron chi connectivity index (χ3n) is 4.37. The highest BCUT2D eigenvalue weighted by Gasteiger charge is 2.26. The smallest absolute Gasteiger partial charge is 0.153 e. The van der Waals surface area contributed by atoms with Gasteiger partial charge in [0.05, 0.1) is 11.2 Å². The van der Waals surface area contributed by atoms with Crippen LogP contribution in [0.4, 0.5) is 10.2 Å². The van der Waals surface area contributed by atoms with Gasteiger partial charge in [-0.1, -0.05) is 0 Å². The van der Waals surface area contributed by atoms with Crippen molar-refractivity contribution in [2.45, 2.75) is 25.4 Å². The molecule has 0 amide bonds. The summed E-state index contributed by atoms with van der Waals surface area (Å²) in [5.74, 6) is 0.0674. The summed E-state index contributed by atoms with van der Waals surface area (Å²) in [6.07, 6.45) is 3.86. The molecular weight excluding hydrogens is 305 g/mol. The predicted molar refractivity (Wildman–Crippen MR) is 91.6 cm³/mol. The van der Waals surface area contributed by atoms with Crippen LogP contribution < -0.4 is 5.73 Å². The fraction of sp³-hybridized carbons (Fsp3) is 0.278. The molecule has 6 heteroatoms. The van der Waals surface area contributed by atoms with Gasteiger partial charge in [0.15, 0.2) is 5.82 Å². The number of pyridine rings is 1. The van der Waals surface area contributed by atoms with E-state index in [1.807, 2.05) is 18.2 Å². The number of rotatable bonds is 4. The maximum Gasteiger partial charge on any atom is 0.153 e. The molecule has 1 aliphatic carbocycles. The number of hydrogen-bond acceptors (Lipinski definition) is 5. The average Bonchev–Trinajstić information content (AvgIpc) is 3.39. The van der Waals surface area contributed by atoms with E-state index in [1.165, 1.54) is 25.2 Å². The number of nitrogens with two attached hydrogens (primary N) is 1. The van der Waals surface area contributed by atoms with E-state index in [0.29, 0.717) is 28.6 Å². The molecule has 0 unspecified atom stereocenters. The zero-order valence-electron chi connectivity index (χ0n) is 13.4. The van der Waals surface area contributed by atoms with Crippen LogP contribution in [-0.2, 0) is 6.54 Å². The number of fused-ring (bicyclic) bond motifs is 1. The lowest BCUT2D eigenvalue weighted by Gasteiger charge is -2.16. The minimum Gasteiger partial charge on any atom is -0.382 e. The lowest BCUT2D eigenvalue weighted by molar-refractivity contribution is 0.316. The molecule has 1 aromatic carbocycles. The largest absolute Gasteiger partial charge is 0.382 e. The van der Waals surface area contributed by atoms with Gasteiger partial charge >= 0.3 is 0 Å². The van der Waals surface area contributed by atoms with Crippen molar-refractivity contribution in [1.29, 1.82) is 0 Å². The molecule has 0 radical (unpaired) electrons. The SMILES string of the molecule is CN(Cc1cc(F)cc(-c2ccc3ncnc(N)c3n2)c1)C1CC1. The number of aromatic nitrogens is 3. The molecule has 1 saturated carbocycles. The first-order valence-electron chi connectivity index (χ1n) is 7.97. The van der Waals surface area contributed by atoms with E-state index in [0.717, 1.165) is 17.7 Å². The summed E-state index contributed by atoms with van der Waals surface area (Å²) in [6.45, 7) is 0.730. The summed E-state index contributed by atoms with van der Waals surface area (Å²) in [5.41, 5.74) is 9.43. The van der Waals surface area contributed by atoms with E-state index in [4.69, 9.17) is 5.73 Å². The van der Waals surface area contributed by atoms with Crippen molar-refractivity contribution in [2.75, 3.05) is 12.8 Å². The number of nitrogens with zero attached hydrogens (tertiary/aromatic N) is 4. The molecule has 5 nitrogen and oxygen atoms in total. The zero-order valence-corrected chi connectivity index (χ0v) is 13.4. The van der Waals surface area contributed by atoms with Crippen LogP contribution in [0, 0.1) is 5.82 Å². The molecular formula is C18H18FN5. The number of hydrogen-bond donors (Lipinski definition) is 1. The number of benzene rings is 1. The average molecular weight is 323 g/mol. The second kappa shape index (κ2) is 5.79. The molecule has 2 heterocycles. The number of nitrogen functional groups attached to an aromatic ring is 1. The summed E-state index contributed by atoms with van der Waals surface area (Å²) < 4.78 is 14.1. The highest BCUT2D eigenvalue weighted by molar-refractivity contribution is 5.85. The highest BCUT2D eigenvalue weighted by Crippen LogP contribution is 2.28. The van der Waals surface area contributed by atoms with Gasteiger partial charge in [-0.25, -0.2) is 19.3 Å². The van der Waals surface area contributed by atoms with Crippen LogP contribution in [0.25, 0.3) is 22.3 Å². The van der Waals surface area contributed by atoms with Crippen LogP contribution in [0.15, 0.2) is 36.7 Å². The first-order valence-corrected chi connectivity index (χ1v) is 7.97. The van der Waals surface area contributed by atoms with E-state index >= 15 is 0 Å². The first-order chi connectivity index (χ1) is 11.6. The van der Waals surface area contributed by atoms with Gasteiger partial charge in [0.2, 0.25) is 0 Å². The van der Waals surface area contributed by atoms with Crippen LogP contribution >= 0.6 is 0 Å². The molecule has 3 aromatic rings.